The second-order valence-corrected chi connectivity index (χ2v) is 6.56. The molecule has 0 saturated heterocycles. The van der Waals surface area contributed by atoms with Crippen molar-refractivity contribution in [3.63, 3.8) is 0 Å². The Labute approximate surface area is 108 Å². The molecule has 2 heteroatoms. The van der Waals surface area contributed by atoms with Crippen LogP contribution in [0.1, 0.15) is 59.8 Å². The van der Waals surface area contributed by atoms with Crippen molar-refractivity contribution in [2.75, 3.05) is 13.6 Å². The van der Waals surface area contributed by atoms with E-state index < -0.39 is 0 Å². The molecule has 1 aliphatic carbocycles. The molecule has 0 bridgehead atoms. The van der Waals surface area contributed by atoms with Gasteiger partial charge in [0.05, 0.1) is 0 Å². The minimum absolute atomic E-state index is 0.385. The van der Waals surface area contributed by atoms with E-state index in [1.165, 1.54) is 38.6 Å². The Morgan fingerprint density at radius 3 is 2.41 bits per heavy atom. The largest absolute Gasteiger partial charge is 0.326 e. The van der Waals surface area contributed by atoms with Gasteiger partial charge in [0.2, 0.25) is 0 Å². The molecule has 0 aromatic carbocycles. The van der Waals surface area contributed by atoms with E-state index in [-0.39, 0.29) is 0 Å². The van der Waals surface area contributed by atoms with Gasteiger partial charge in [0.15, 0.2) is 0 Å². The molecule has 1 rings (SSSR count). The molecular weight excluding hydrogens is 208 g/mol. The number of rotatable bonds is 5. The minimum Gasteiger partial charge on any atom is -0.326 e. The number of nitrogens with two attached hydrogens (primary N) is 1. The Morgan fingerprint density at radius 2 is 1.88 bits per heavy atom. The molecule has 1 aliphatic rings. The van der Waals surface area contributed by atoms with Crippen molar-refractivity contribution in [1.29, 1.82) is 0 Å². The smallest absolute Gasteiger partial charge is 0.0246 e. The summed E-state index contributed by atoms with van der Waals surface area (Å²) in [7, 11) is 2.25. The van der Waals surface area contributed by atoms with E-state index in [1.54, 1.807) is 0 Å². The van der Waals surface area contributed by atoms with Crippen molar-refractivity contribution in [3.05, 3.63) is 0 Å². The van der Waals surface area contributed by atoms with Gasteiger partial charge in [-0.05, 0) is 50.6 Å². The third-order valence-corrected chi connectivity index (χ3v) is 5.03. The van der Waals surface area contributed by atoms with E-state index >= 15 is 0 Å². The van der Waals surface area contributed by atoms with Crippen LogP contribution < -0.4 is 5.73 Å². The van der Waals surface area contributed by atoms with Gasteiger partial charge in [-0.15, -0.1) is 0 Å². The fourth-order valence-electron chi connectivity index (χ4n) is 3.19. The Bertz CT molecular complexity index is 225. The third-order valence-electron chi connectivity index (χ3n) is 5.03. The highest BCUT2D eigenvalue weighted by Crippen LogP contribution is 2.41. The molecule has 0 amide bonds. The maximum atomic E-state index is 6.32. The lowest BCUT2D eigenvalue weighted by molar-refractivity contribution is 0.0730. The minimum atomic E-state index is 0.385. The second-order valence-electron chi connectivity index (χ2n) is 6.56. The molecule has 0 heterocycles. The van der Waals surface area contributed by atoms with Gasteiger partial charge in [-0.25, -0.2) is 0 Å². The topological polar surface area (TPSA) is 29.3 Å². The average Bonchev–Trinajstić information content (AvgIpc) is 2.29. The lowest BCUT2D eigenvalue weighted by atomic mass is 9.67. The van der Waals surface area contributed by atoms with Crippen LogP contribution in [0.5, 0.6) is 0 Å². The van der Waals surface area contributed by atoms with E-state index in [4.69, 9.17) is 5.73 Å². The fraction of sp³-hybridized carbons (Fsp3) is 1.00. The van der Waals surface area contributed by atoms with Gasteiger partial charge >= 0.3 is 0 Å². The highest BCUT2D eigenvalue weighted by Gasteiger charge is 2.37. The van der Waals surface area contributed by atoms with Crippen LogP contribution in [0.4, 0.5) is 0 Å². The van der Waals surface area contributed by atoms with Gasteiger partial charge < -0.3 is 10.6 Å². The summed E-state index contributed by atoms with van der Waals surface area (Å²) in [5.41, 5.74) is 6.79. The van der Waals surface area contributed by atoms with E-state index in [9.17, 15) is 0 Å². The molecule has 17 heavy (non-hydrogen) atoms. The van der Waals surface area contributed by atoms with Crippen molar-refractivity contribution in [2.45, 2.75) is 71.9 Å². The summed E-state index contributed by atoms with van der Waals surface area (Å²) in [4.78, 5) is 2.49. The Kier molecular flexibility index (Phi) is 5.46. The number of likely N-dealkylation sites (N-methyl/N-ethyl adjacent to an activating group) is 1. The molecule has 0 aromatic heterocycles. The van der Waals surface area contributed by atoms with Crippen molar-refractivity contribution in [2.24, 2.45) is 17.1 Å². The van der Waals surface area contributed by atoms with Crippen LogP contribution >= 0.6 is 0 Å². The van der Waals surface area contributed by atoms with Crippen LogP contribution in [0.25, 0.3) is 0 Å². The quantitative estimate of drug-likeness (QED) is 0.799. The van der Waals surface area contributed by atoms with Gasteiger partial charge in [0.25, 0.3) is 0 Å². The predicted molar refractivity (Wildman–Crippen MR) is 76.1 cm³/mol. The first kappa shape index (κ1) is 15.0. The summed E-state index contributed by atoms with van der Waals surface area (Å²) < 4.78 is 0. The van der Waals surface area contributed by atoms with E-state index in [1.807, 2.05) is 0 Å². The molecule has 1 fully saturated rings. The summed E-state index contributed by atoms with van der Waals surface area (Å²) in [5.74, 6) is 0.844. The van der Waals surface area contributed by atoms with Crippen molar-refractivity contribution < 1.29 is 0 Å². The molecule has 2 N–H and O–H groups in total. The van der Waals surface area contributed by atoms with Gasteiger partial charge in [0, 0.05) is 12.1 Å². The summed E-state index contributed by atoms with van der Waals surface area (Å²) >= 11 is 0. The van der Waals surface area contributed by atoms with Gasteiger partial charge in [-0.1, -0.05) is 34.1 Å². The van der Waals surface area contributed by atoms with Crippen LogP contribution in [0.3, 0.4) is 0 Å². The van der Waals surface area contributed by atoms with Crippen molar-refractivity contribution in [1.82, 2.24) is 4.90 Å². The van der Waals surface area contributed by atoms with Gasteiger partial charge in [0.1, 0.15) is 0 Å². The van der Waals surface area contributed by atoms with Crippen molar-refractivity contribution >= 4 is 0 Å². The Hall–Kier alpha value is -0.0800. The predicted octanol–water partition coefficient (Wildman–Crippen LogP) is 3.26. The molecule has 2 nitrogen and oxygen atoms in total. The number of hydrogen-bond acceptors (Lipinski definition) is 2. The van der Waals surface area contributed by atoms with Crippen molar-refractivity contribution in [3.8, 4) is 0 Å². The molecule has 0 aromatic rings. The van der Waals surface area contributed by atoms with E-state index in [0.29, 0.717) is 17.5 Å². The van der Waals surface area contributed by atoms with Crippen LogP contribution in [0.2, 0.25) is 0 Å². The summed E-state index contributed by atoms with van der Waals surface area (Å²) in [6.07, 6.45) is 6.31. The molecule has 0 radical (unpaired) electrons. The Morgan fingerprint density at radius 1 is 1.24 bits per heavy atom. The van der Waals surface area contributed by atoms with E-state index in [2.05, 4.69) is 39.6 Å². The van der Waals surface area contributed by atoms with Gasteiger partial charge in [-0.2, -0.15) is 0 Å². The maximum Gasteiger partial charge on any atom is 0.0246 e. The molecule has 102 valence electrons. The zero-order valence-electron chi connectivity index (χ0n) is 12.5. The second kappa shape index (κ2) is 6.19. The fourth-order valence-corrected chi connectivity index (χ4v) is 3.19. The summed E-state index contributed by atoms with van der Waals surface area (Å²) in [5, 5.41) is 0. The molecule has 0 spiro atoms. The zero-order valence-corrected chi connectivity index (χ0v) is 12.5. The first-order valence-electron chi connectivity index (χ1n) is 7.38. The van der Waals surface area contributed by atoms with Crippen LogP contribution in [-0.4, -0.2) is 30.6 Å². The van der Waals surface area contributed by atoms with E-state index in [0.717, 1.165) is 5.92 Å². The maximum absolute atomic E-state index is 6.32. The monoisotopic (exact) mass is 240 g/mol. The van der Waals surface area contributed by atoms with Crippen LogP contribution in [0.15, 0.2) is 0 Å². The number of nitrogens with zero attached hydrogens (tertiary/aromatic N) is 1. The lowest BCUT2D eigenvalue weighted by Crippen LogP contribution is -2.51. The van der Waals surface area contributed by atoms with Gasteiger partial charge in [-0.3, -0.25) is 0 Å². The van der Waals surface area contributed by atoms with Crippen LogP contribution in [0, 0.1) is 11.3 Å². The van der Waals surface area contributed by atoms with Crippen LogP contribution in [-0.2, 0) is 0 Å². The first-order valence-corrected chi connectivity index (χ1v) is 7.38. The highest BCUT2D eigenvalue weighted by atomic mass is 15.1. The molecule has 3 unspecified atom stereocenters. The average molecular weight is 240 g/mol. The molecule has 0 aliphatic heterocycles. The molecular formula is C15H32N2. The summed E-state index contributed by atoms with van der Waals surface area (Å²) in [6, 6.07) is 0.981. The number of hydrogen-bond donors (Lipinski definition) is 1. The molecule has 1 saturated carbocycles. The third kappa shape index (κ3) is 3.69. The standard InChI is InChI=1S/C15H32N2/c1-6-10-17(5)14-11-12(8-9-13(14)16)15(3,4)7-2/h12-14H,6-11,16H2,1-5H3. The SMILES string of the molecule is CCCN(C)C1CC(C(C)(C)CC)CCC1N. The Balaban J connectivity index is 2.65. The highest BCUT2D eigenvalue weighted by molar-refractivity contribution is 4.92. The molecule has 3 atom stereocenters. The zero-order chi connectivity index (χ0) is 13.1. The normalized spacial score (nSPS) is 30.9. The first-order chi connectivity index (χ1) is 7.92. The summed E-state index contributed by atoms with van der Waals surface area (Å²) in [6.45, 7) is 10.6. The lowest BCUT2D eigenvalue weighted by Gasteiger charge is -2.45.